The minimum absolute atomic E-state index is 0.197. The lowest BCUT2D eigenvalue weighted by molar-refractivity contribution is 0.317. The zero-order valence-corrected chi connectivity index (χ0v) is 11.9. The second-order valence-corrected chi connectivity index (χ2v) is 4.98. The Hall–Kier alpha value is -2.22. The molecule has 8 heteroatoms. The van der Waals surface area contributed by atoms with Crippen LogP contribution in [0.3, 0.4) is 0 Å². The van der Waals surface area contributed by atoms with Gasteiger partial charge in [0.15, 0.2) is 0 Å². The zero-order chi connectivity index (χ0) is 14.4. The standard InChI is InChI=1S/C12H16N6OS/c1-9-15-12(20-17-9)18(6-4-11(13)16-19)8-10-3-2-5-14-7-10/h2-3,5,7,19H,4,6,8H2,1H3,(H2,13,16). The van der Waals surface area contributed by atoms with Gasteiger partial charge in [-0.05, 0) is 18.6 Å². The number of aryl methyl sites for hydroxylation is 1. The topological polar surface area (TPSA) is 101 Å². The van der Waals surface area contributed by atoms with Crippen molar-refractivity contribution in [3.8, 4) is 0 Å². The highest BCUT2D eigenvalue weighted by Gasteiger charge is 2.13. The summed E-state index contributed by atoms with van der Waals surface area (Å²) in [6, 6.07) is 3.89. The van der Waals surface area contributed by atoms with Crippen molar-refractivity contribution < 1.29 is 5.21 Å². The van der Waals surface area contributed by atoms with E-state index in [1.165, 1.54) is 11.5 Å². The molecule has 7 nitrogen and oxygen atoms in total. The van der Waals surface area contributed by atoms with Gasteiger partial charge in [0.05, 0.1) is 0 Å². The third-order valence-electron chi connectivity index (χ3n) is 2.65. The summed E-state index contributed by atoms with van der Waals surface area (Å²) in [5.74, 6) is 0.937. The van der Waals surface area contributed by atoms with Crippen LogP contribution in [0.5, 0.6) is 0 Å². The number of rotatable bonds is 6. The van der Waals surface area contributed by atoms with E-state index in [4.69, 9.17) is 10.9 Å². The summed E-state index contributed by atoms with van der Waals surface area (Å²) in [7, 11) is 0. The number of hydrogen-bond acceptors (Lipinski definition) is 7. The lowest BCUT2D eigenvalue weighted by Gasteiger charge is -2.20. The van der Waals surface area contributed by atoms with Gasteiger partial charge < -0.3 is 15.8 Å². The van der Waals surface area contributed by atoms with Crippen molar-refractivity contribution in [2.45, 2.75) is 19.9 Å². The molecule has 0 amide bonds. The van der Waals surface area contributed by atoms with Gasteiger partial charge in [0, 0.05) is 43.4 Å². The molecule has 0 bridgehead atoms. The molecule has 0 unspecified atom stereocenters. The average Bonchev–Trinajstić information content (AvgIpc) is 2.90. The molecule has 2 heterocycles. The summed E-state index contributed by atoms with van der Waals surface area (Å²) in [6.07, 6.45) is 4.00. The van der Waals surface area contributed by atoms with E-state index in [1.54, 1.807) is 6.20 Å². The smallest absolute Gasteiger partial charge is 0.205 e. The number of nitrogens with zero attached hydrogens (tertiary/aromatic N) is 5. The SMILES string of the molecule is Cc1nsc(N(CCC(N)=NO)Cc2cccnc2)n1. The highest BCUT2D eigenvalue weighted by Crippen LogP contribution is 2.19. The van der Waals surface area contributed by atoms with Crippen molar-refractivity contribution in [2.75, 3.05) is 11.4 Å². The summed E-state index contributed by atoms with van der Waals surface area (Å²) in [4.78, 5) is 10.5. The van der Waals surface area contributed by atoms with E-state index in [-0.39, 0.29) is 5.84 Å². The molecule has 0 radical (unpaired) electrons. The summed E-state index contributed by atoms with van der Waals surface area (Å²) >= 11 is 1.34. The van der Waals surface area contributed by atoms with Gasteiger partial charge in [-0.3, -0.25) is 4.98 Å². The molecule has 2 aromatic heterocycles. The molecular formula is C12H16N6OS. The molecule has 0 saturated heterocycles. The molecule has 0 aromatic carbocycles. The Morgan fingerprint density at radius 1 is 1.55 bits per heavy atom. The van der Waals surface area contributed by atoms with E-state index in [1.807, 2.05) is 30.2 Å². The monoisotopic (exact) mass is 292 g/mol. The van der Waals surface area contributed by atoms with Crippen LogP contribution >= 0.6 is 11.5 Å². The maximum atomic E-state index is 8.62. The third-order valence-corrected chi connectivity index (χ3v) is 3.52. The Kier molecular flexibility index (Phi) is 4.83. The van der Waals surface area contributed by atoms with Gasteiger partial charge in [0.25, 0.3) is 0 Å². The van der Waals surface area contributed by atoms with Gasteiger partial charge in [-0.2, -0.15) is 4.37 Å². The predicted molar refractivity (Wildman–Crippen MR) is 78.0 cm³/mol. The second-order valence-electron chi connectivity index (χ2n) is 4.25. The van der Waals surface area contributed by atoms with E-state index in [0.717, 1.165) is 16.5 Å². The minimum atomic E-state index is 0.197. The Balaban J connectivity index is 2.11. The van der Waals surface area contributed by atoms with Gasteiger partial charge in [-0.15, -0.1) is 0 Å². The number of anilines is 1. The van der Waals surface area contributed by atoms with Crippen LogP contribution in [0.4, 0.5) is 5.13 Å². The van der Waals surface area contributed by atoms with E-state index in [0.29, 0.717) is 19.5 Å². The van der Waals surface area contributed by atoms with Crippen LogP contribution in [0.2, 0.25) is 0 Å². The molecule has 0 aliphatic rings. The molecule has 3 N–H and O–H groups in total. The molecule has 0 fully saturated rings. The van der Waals surface area contributed by atoms with E-state index >= 15 is 0 Å². The second kappa shape index (κ2) is 6.80. The van der Waals surface area contributed by atoms with Crippen molar-refractivity contribution in [2.24, 2.45) is 10.9 Å². The molecule has 0 saturated carbocycles. The van der Waals surface area contributed by atoms with Crippen LogP contribution in [0.15, 0.2) is 29.7 Å². The van der Waals surface area contributed by atoms with E-state index < -0.39 is 0 Å². The normalized spacial score (nSPS) is 11.6. The number of amidine groups is 1. The fourth-order valence-corrected chi connectivity index (χ4v) is 2.37. The summed E-state index contributed by atoms with van der Waals surface area (Å²) < 4.78 is 4.19. The molecule has 2 aromatic rings. The maximum absolute atomic E-state index is 8.62. The fourth-order valence-electron chi connectivity index (χ4n) is 1.67. The molecule has 0 spiro atoms. The van der Waals surface area contributed by atoms with Gasteiger partial charge in [-0.1, -0.05) is 11.2 Å². The molecular weight excluding hydrogens is 276 g/mol. The van der Waals surface area contributed by atoms with Crippen LogP contribution in [0, 0.1) is 6.92 Å². The first-order chi connectivity index (χ1) is 9.69. The first-order valence-electron chi connectivity index (χ1n) is 6.09. The molecule has 0 atom stereocenters. The largest absolute Gasteiger partial charge is 0.409 e. The van der Waals surface area contributed by atoms with Gasteiger partial charge >= 0.3 is 0 Å². The quantitative estimate of drug-likeness (QED) is 0.361. The number of aromatic nitrogens is 3. The summed E-state index contributed by atoms with van der Waals surface area (Å²) in [6.45, 7) is 3.10. The minimum Gasteiger partial charge on any atom is -0.409 e. The number of hydrogen-bond donors (Lipinski definition) is 2. The Bertz CT molecular complexity index is 570. The molecule has 2 rings (SSSR count). The van der Waals surface area contributed by atoms with Crippen molar-refractivity contribution in [1.82, 2.24) is 14.3 Å². The first kappa shape index (κ1) is 14.2. The van der Waals surface area contributed by atoms with Gasteiger partial charge in [-0.25, -0.2) is 4.98 Å². The maximum Gasteiger partial charge on any atom is 0.205 e. The summed E-state index contributed by atoms with van der Waals surface area (Å²) in [5.41, 5.74) is 6.60. The van der Waals surface area contributed by atoms with Crippen molar-refractivity contribution in [1.29, 1.82) is 0 Å². The highest BCUT2D eigenvalue weighted by atomic mass is 32.1. The molecule has 20 heavy (non-hydrogen) atoms. The highest BCUT2D eigenvalue weighted by molar-refractivity contribution is 7.09. The fraction of sp³-hybridized carbons (Fsp3) is 0.333. The Morgan fingerprint density at radius 2 is 2.40 bits per heavy atom. The van der Waals surface area contributed by atoms with Crippen molar-refractivity contribution in [3.05, 3.63) is 35.9 Å². The van der Waals surface area contributed by atoms with Crippen LogP contribution in [-0.2, 0) is 6.54 Å². The van der Waals surface area contributed by atoms with Crippen LogP contribution in [-0.4, -0.2) is 31.9 Å². The van der Waals surface area contributed by atoms with Gasteiger partial charge in [0.1, 0.15) is 11.7 Å². The Labute approximate surface area is 120 Å². The van der Waals surface area contributed by atoms with E-state index in [9.17, 15) is 0 Å². The summed E-state index contributed by atoms with van der Waals surface area (Å²) in [5, 5.41) is 12.4. The number of pyridine rings is 1. The van der Waals surface area contributed by atoms with Gasteiger partial charge in [0.2, 0.25) is 5.13 Å². The number of nitrogens with two attached hydrogens (primary N) is 1. The number of oxime groups is 1. The van der Waals surface area contributed by atoms with Crippen molar-refractivity contribution >= 4 is 22.5 Å². The van der Waals surface area contributed by atoms with Crippen LogP contribution in [0.25, 0.3) is 0 Å². The van der Waals surface area contributed by atoms with Crippen LogP contribution < -0.4 is 10.6 Å². The molecule has 106 valence electrons. The average molecular weight is 292 g/mol. The van der Waals surface area contributed by atoms with Crippen LogP contribution in [0.1, 0.15) is 17.8 Å². The first-order valence-corrected chi connectivity index (χ1v) is 6.87. The molecule has 0 aliphatic carbocycles. The van der Waals surface area contributed by atoms with Crippen molar-refractivity contribution in [3.63, 3.8) is 0 Å². The lowest BCUT2D eigenvalue weighted by atomic mass is 10.2. The molecule has 0 aliphatic heterocycles. The Morgan fingerprint density at radius 3 is 3.00 bits per heavy atom. The van der Waals surface area contributed by atoms with E-state index in [2.05, 4.69) is 19.5 Å². The zero-order valence-electron chi connectivity index (χ0n) is 11.1. The third kappa shape index (κ3) is 3.89. The predicted octanol–water partition coefficient (Wildman–Crippen LogP) is 1.38. The lowest BCUT2D eigenvalue weighted by Crippen LogP contribution is -2.27.